The van der Waals surface area contributed by atoms with E-state index in [-0.39, 0.29) is 18.3 Å². The number of carbonyl (C=O) groups is 2. The van der Waals surface area contributed by atoms with E-state index in [9.17, 15) is 9.59 Å². The molecule has 0 atom stereocenters. The summed E-state index contributed by atoms with van der Waals surface area (Å²) in [7, 11) is 3.01. The van der Waals surface area contributed by atoms with Crippen molar-refractivity contribution in [3.63, 3.8) is 0 Å². The summed E-state index contributed by atoms with van der Waals surface area (Å²) in [5, 5.41) is 0. The standard InChI is InChI=1S/C12H14INO3/c1-14(8-7-11(15)17-2)12(16)9-5-3-4-6-10(9)13/h3-6H,7-8H2,1-2H3. The van der Waals surface area contributed by atoms with Crippen molar-refractivity contribution < 1.29 is 14.3 Å². The van der Waals surface area contributed by atoms with Crippen molar-refractivity contribution in [3.05, 3.63) is 33.4 Å². The van der Waals surface area contributed by atoms with Gasteiger partial charge in [-0.05, 0) is 34.7 Å². The van der Waals surface area contributed by atoms with Crippen LogP contribution >= 0.6 is 22.6 Å². The second-order valence-corrected chi connectivity index (χ2v) is 4.69. The zero-order valence-corrected chi connectivity index (χ0v) is 11.9. The van der Waals surface area contributed by atoms with Crippen molar-refractivity contribution in [1.82, 2.24) is 4.90 Å². The van der Waals surface area contributed by atoms with Gasteiger partial charge in [-0.15, -0.1) is 0 Å². The first-order valence-electron chi connectivity index (χ1n) is 5.13. The van der Waals surface area contributed by atoms with Crippen LogP contribution in [0.5, 0.6) is 0 Å². The highest BCUT2D eigenvalue weighted by Gasteiger charge is 2.15. The third-order valence-electron chi connectivity index (χ3n) is 2.33. The Morgan fingerprint density at radius 3 is 2.59 bits per heavy atom. The molecule has 4 nitrogen and oxygen atoms in total. The molecule has 1 aromatic carbocycles. The van der Waals surface area contributed by atoms with Crippen molar-refractivity contribution in [1.29, 1.82) is 0 Å². The number of amides is 1. The Labute approximate surface area is 114 Å². The molecule has 17 heavy (non-hydrogen) atoms. The van der Waals surface area contributed by atoms with Gasteiger partial charge in [-0.1, -0.05) is 12.1 Å². The van der Waals surface area contributed by atoms with E-state index in [1.165, 1.54) is 12.0 Å². The topological polar surface area (TPSA) is 46.6 Å². The number of benzene rings is 1. The van der Waals surface area contributed by atoms with Gasteiger partial charge in [-0.25, -0.2) is 0 Å². The van der Waals surface area contributed by atoms with Crippen LogP contribution in [-0.4, -0.2) is 37.5 Å². The number of halogens is 1. The maximum Gasteiger partial charge on any atom is 0.307 e. The number of esters is 1. The molecule has 0 fully saturated rings. The number of ether oxygens (including phenoxy) is 1. The van der Waals surface area contributed by atoms with Crippen LogP contribution in [0.25, 0.3) is 0 Å². The molecule has 92 valence electrons. The molecule has 0 radical (unpaired) electrons. The molecule has 1 amide bonds. The second kappa shape index (κ2) is 6.58. The summed E-state index contributed by atoms with van der Waals surface area (Å²) in [4.78, 5) is 24.5. The van der Waals surface area contributed by atoms with Gasteiger partial charge >= 0.3 is 5.97 Å². The van der Waals surface area contributed by atoms with Crippen molar-refractivity contribution in [2.24, 2.45) is 0 Å². The summed E-state index contributed by atoms with van der Waals surface area (Å²) >= 11 is 2.12. The maximum absolute atomic E-state index is 12.0. The Hall–Kier alpha value is -1.11. The molecule has 0 saturated heterocycles. The fraction of sp³-hybridized carbons (Fsp3) is 0.333. The fourth-order valence-electron chi connectivity index (χ4n) is 1.30. The van der Waals surface area contributed by atoms with E-state index in [1.807, 2.05) is 18.2 Å². The first-order chi connectivity index (χ1) is 8.06. The number of nitrogens with zero attached hydrogens (tertiary/aromatic N) is 1. The Bertz CT molecular complexity index is 420. The van der Waals surface area contributed by atoms with Gasteiger partial charge in [0.05, 0.1) is 19.1 Å². The number of hydrogen-bond donors (Lipinski definition) is 0. The summed E-state index contributed by atoms with van der Waals surface area (Å²) in [5.41, 5.74) is 0.653. The molecule has 5 heteroatoms. The Morgan fingerprint density at radius 2 is 2.00 bits per heavy atom. The van der Waals surface area contributed by atoms with Gasteiger partial charge in [-0.2, -0.15) is 0 Å². The second-order valence-electron chi connectivity index (χ2n) is 3.53. The summed E-state index contributed by atoms with van der Waals surface area (Å²) < 4.78 is 5.43. The Kier molecular flexibility index (Phi) is 5.40. The SMILES string of the molecule is COC(=O)CCN(C)C(=O)c1ccccc1I. The first-order valence-corrected chi connectivity index (χ1v) is 6.21. The Balaban J connectivity index is 2.64. The molecule has 0 bridgehead atoms. The highest BCUT2D eigenvalue weighted by Crippen LogP contribution is 2.13. The summed E-state index contributed by atoms with van der Waals surface area (Å²) in [6.07, 6.45) is 0.210. The van der Waals surface area contributed by atoms with E-state index in [1.54, 1.807) is 13.1 Å². The molecule has 0 aliphatic rings. The van der Waals surface area contributed by atoms with Crippen molar-refractivity contribution in [2.45, 2.75) is 6.42 Å². The molecule has 0 aliphatic carbocycles. The number of carbonyl (C=O) groups excluding carboxylic acids is 2. The molecule has 0 aliphatic heterocycles. The zero-order valence-electron chi connectivity index (χ0n) is 9.77. The van der Waals surface area contributed by atoms with Gasteiger partial charge in [0.25, 0.3) is 5.91 Å². The van der Waals surface area contributed by atoms with E-state index < -0.39 is 0 Å². The lowest BCUT2D eigenvalue weighted by Gasteiger charge is -2.17. The minimum Gasteiger partial charge on any atom is -0.469 e. The molecule has 0 aromatic heterocycles. The van der Waals surface area contributed by atoms with E-state index in [0.717, 1.165) is 3.57 Å². The third-order valence-corrected chi connectivity index (χ3v) is 3.27. The summed E-state index contributed by atoms with van der Waals surface area (Å²) in [6, 6.07) is 7.36. The number of hydrogen-bond acceptors (Lipinski definition) is 3. The zero-order chi connectivity index (χ0) is 12.8. The minimum atomic E-state index is -0.313. The van der Waals surface area contributed by atoms with E-state index in [2.05, 4.69) is 27.3 Å². The van der Waals surface area contributed by atoms with Crippen LogP contribution in [0.1, 0.15) is 16.8 Å². The minimum absolute atomic E-state index is 0.0843. The molecule has 0 N–H and O–H groups in total. The lowest BCUT2D eigenvalue weighted by Crippen LogP contribution is -2.29. The van der Waals surface area contributed by atoms with Crippen LogP contribution in [0, 0.1) is 3.57 Å². The van der Waals surface area contributed by atoms with Crippen LogP contribution in [0.15, 0.2) is 24.3 Å². The molecular weight excluding hydrogens is 333 g/mol. The van der Waals surface area contributed by atoms with Gasteiger partial charge < -0.3 is 9.64 Å². The largest absolute Gasteiger partial charge is 0.469 e. The smallest absolute Gasteiger partial charge is 0.307 e. The number of rotatable bonds is 4. The number of methoxy groups -OCH3 is 1. The van der Waals surface area contributed by atoms with Crippen LogP contribution in [0.3, 0.4) is 0 Å². The molecule has 0 heterocycles. The van der Waals surface area contributed by atoms with Gasteiger partial charge in [-0.3, -0.25) is 9.59 Å². The maximum atomic E-state index is 12.0. The average Bonchev–Trinajstić information content (AvgIpc) is 2.35. The third kappa shape index (κ3) is 3.99. The van der Waals surface area contributed by atoms with Crippen molar-refractivity contribution in [3.8, 4) is 0 Å². The molecule has 0 saturated carbocycles. The Morgan fingerprint density at radius 1 is 1.35 bits per heavy atom. The monoisotopic (exact) mass is 347 g/mol. The van der Waals surface area contributed by atoms with Crippen molar-refractivity contribution in [2.75, 3.05) is 20.7 Å². The first kappa shape index (κ1) is 14.0. The predicted molar refractivity (Wildman–Crippen MR) is 72.8 cm³/mol. The molecular formula is C12H14INO3. The normalized spacial score (nSPS) is 9.82. The lowest BCUT2D eigenvalue weighted by atomic mass is 10.2. The van der Waals surface area contributed by atoms with E-state index >= 15 is 0 Å². The lowest BCUT2D eigenvalue weighted by molar-refractivity contribution is -0.140. The van der Waals surface area contributed by atoms with Gasteiger partial charge in [0.1, 0.15) is 0 Å². The summed E-state index contributed by atoms with van der Waals surface area (Å²) in [6.45, 7) is 0.358. The van der Waals surface area contributed by atoms with Crippen LogP contribution in [-0.2, 0) is 9.53 Å². The molecule has 1 rings (SSSR count). The quantitative estimate of drug-likeness (QED) is 0.618. The fourth-order valence-corrected chi connectivity index (χ4v) is 1.92. The predicted octanol–water partition coefficient (Wildman–Crippen LogP) is 1.93. The van der Waals surface area contributed by atoms with E-state index in [0.29, 0.717) is 12.1 Å². The molecule has 0 spiro atoms. The van der Waals surface area contributed by atoms with Crippen LogP contribution < -0.4 is 0 Å². The van der Waals surface area contributed by atoms with E-state index in [4.69, 9.17) is 0 Å². The molecule has 0 unspecified atom stereocenters. The molecule has 1 aromatic rings. The highest BCUT2D eigenvalue weighted by atomic mass is 127. The van der Waals surface area contributed by atoms with Crippen molar-refractivity contribution >= 4 is 34.5 Å². The van der Waals surface area contributed by atoms with Crippen LogP contribution in [0.4, 0.5) is 0 Å². The summed E-state index contributed by atoms with van der Waals surface area (Å²) in [5.74, 6) is -0.397. The van der Waals surface area contributed by atoms with Gasteiger partial charge in [0.15, 0.2) is 0 Å². The van der Waals surface area contributed by atoms with Gasteiger partial charge in [0, 0.05) is 17.2 Å². The highest BCUT2D eigenvalue weighted by molar-refractivity contribution is 14.1. The van der Waals surface area contributed by atoms with Gasteiger partial charge in [0.2, 0.25) is 0 Å². The van der Waals surface area contributed by atoms with Crippen LogP contribution in [0.2, 0.25) is 0 Å². The average molecular weight is 347 g/mol.